The van der Waals surface area contributed by atoms with Crippen molar-refractivity contribution in [2.45, 2.75) is 39.7 Å². The van der Waals surface area contributed by atoms with Crippen molar-refractivity contribution < 1.29 is 23.9 Å². The fourth-order valence-electron chi connectivity index (χ4n) is 2.53. The molecule has 24 heavy (non-hydrogen) atoms. The van der Waals surface area contributed by atoms with E-state index in [2.05, 4.69) is 9.30 Å². The van der Waals surface area contributed by atoms with Gasteiger partial charge >= 0.3 is 12.1 Å². The third-order valence-corrected chi connectivity index (χ3v) is 3.70. The summed E-state index contributed by atoms with van der Waals surface area (Å²) in [5, 5.41) is 1.94. The number of alkyl carbamates (subject to hydrolysis) is 1. The Morgan fingerprint density at radius 3 is 2.62 bits per heavy atom. The van der Waals surface area contributed by atoms with Gasteiger partial charge < -0.3 is 14.0 Å². The van der Waals surface area contributed by atoms with Crippen LogP contribution >= 0.6 is 0 Å². The van der Waals surface area contributed by atoms with E-state index in [1.807, 2.05) is 25.2 Å². The molecular weight excluding hydrogens is 312 g/mol. The van der Waals surface area contributed by atoms with Crippen LogP contribution in [0.4, 0.5) is 4.79 Å². The molecular formula is C17H22N2O5. The van der Waals surface area contributed by atoms with Crippen molar-refractivity contribution >= 4 is 24.0 Å². The maximum atomic E-state index is 11.7. The zero-order valence-electron chi connectivity index (χ0n) is 14.1. The summed E-state index contributed by atoms with van der Waals surface area (Å²) in [5.74, 6) is -1.38. The molecule has 0 aliphatic heterocycles. The van der Waals surface area contributed by atoms with E-state index in [1.54, 1.807) is 13.0 Å². The second kappa shape index (κ2) is 7.81. The van der Waals surface area contributed by atoms with E-state index in [4.69, 9.17) is 4.74 Å². The van der Waals surface area contributed by atoms with E-state index in [0.717, 1.165) is 17.0 Å². The molecule has 2 rings (SSSR count). The molecule has 2 amide bonds. The van der Waals surface area contributed by atoms with Crippen molar-refractivity contribution in [3.63, 3.8) is 0 Å². The first kappa shape index (κ1) is 17.8. The van der Waals surface area contributed by atoms with Gasteiger partial charge in [0, 0.05) is 23.5 Å². The molecule has 0 spiro atoms. The van der Waals surface area contributed by atoms with Crippen molar-refractivity contribution in [3.05, 3.63) is 29.1 Å². The Morgan fingerprint density at radius 1 is 1.29 bits per heavy atom. The van der Waals surface area contributed by atoms with Crippen molar-refractivity contribution in [2.24, 2.45) is 0 Å². The average molecular weight is 334 g/mol. The van der Waals surface area contributed by atoms with Gasteiger partial charge in [-0.15, -0.1) is 0 Å². The van der Waals surface area contributed by atoms with Crippen LogP contribution in [0.1, 0.15) is 42.8 Å². The molecule has 1 N–H and O–H groups in total. The van der Waals surface area contributed by atoms with Crippen LogP contribution in [0.25, 0.3) is 6.08 Å². The van der Waals surface area contributed by atoms with Gasteiger partial charge in [0.15, 0.2) is 6.61 Å². The lowest BCUT2D eigenvalue weighted by molar-refractivity contribution is -0.143. The summed E-state index contributed by atoms with van der Waals surface area (Å²) in [6.07, 6.45) is 4.47. The number of nitrogens with one attached hydrogen (secondary N) is 1. The fraction of sp³-hybridized carbons (Fsp3) is 0.471. The number of ether oxygens (including phenoxy) is 2. The summed E-state index contributed by atoms with van der Waals surface area (Å²) in [5.41, 5.74) is 3.23. The maximum Gasteiger partial charge on any atom is 0.413 e. The standard InChI is InChI=1S/C17H22N2O5/c1-4-23-17(22)18-15(20)10-24-16(21)8-5-13-9-11(2)19(12(13)3)14-6-7-14/h5,8-9,14H,4,6-7,10H2,1-3H3,(H,18,20,22)/b8-5+. The number of nitrogens with zero attached hydrogens (tertiary/aromatic N) is 1. The molecule has 1 saturated carbocycles. The zero-order chi connectivity index (χ0) is 17.7. The van der Waals surface area contributed by atoms with Gasteiger partial charge in [0.2, 0.25) is 0 Å². The maximum absolute atomic E-state index is 11.7. The van der Waals surface area contributed by atoms with E-state index in [1.165, 1.54) is 18.9 Å². The molecule has 0 unspecified atom stereocenters. The number of esters is 1. The zero-order valence-corrected chi connectivity index (χ0v) is 14.1. The Morgan fingerprint density at radius 2 is 2.00 bits per heavy atom. The lowest BCUT2D eigenvalue weighted by atomic mass is 10.2. The molecule has 1 heterocycles. The molecule has 0 radical (unpaired) electrons. The molecule has 1 aliphatic carbocycles. The van der Waals surface area contributed by atoms with Crippen LogP contribution in [0, 0.1) is 13.8 Å². The smallest absolute Gasteiger partial charge is 0.413 e. The van der Waals surface area contributed by atoms with E-state index in [9.17, 15) is 14.4 Å². The predicted octanol–water partition coefficient (Wildman–Crippen LogP) is 2.27. The van der Waals surface area contributed by atoms with Crippen molar-refractivity contribution in [2.75, 3.05) is 13.2 Å². The summed E-state index contributed by atoms with van der Waals surface area (Å²) in [6, 6.07) is 2.59. The minimum absolute atomic E-state index is 0.154. The highest BCUT2D eigenvalue weighted by molar-refractivity contribution is 5.94. The van der Waals surface area contributed by atoms with Crippen molar-refractivity contribution in [1.29, 1.82) is 0 Å². The first-order chi connectivity index (χ1) is 11.4. The first-order valence-corrected chi connectivity index (χ1v) is 7.92. The van der Waals surface area contributed by atoms with Crippen LogP contribution in [0.5, 0.6) is 0 Å². The summed E-state index contributed by atoms with van der Waals surface area (Å²) in [6.45, 7) is 5.29. The molecule has 0 saturated heterocycles. The van der Waals surface area contributed by atoms with Crippen LogP contribution in [-0.2, 0) is 19.1 Å². The molecule has 0 aromatic carbocycles. The summed E-state index contributed by atoms with van der Waals surface area (Å²) in [4.78, 5) is 34.1. The number of amides is 2. The number of hydrogen-bond donors (Lipinski definition) is 1. The second-order valence-electron chi connectivity index (χ2n) is 5.64. The summed E-state index contributed by atoms with van der Waals surface area (Å²) >= 11 is 0. The molecule has 7 nitrogen and oxygen atoms in total. The first-order valence-electron chi connectivity index (χ1n) is 7.92. The van der Waals surface area contributed by atoms with Crippen LogP contribution in [0.2, 0.25) is 0 Å². The Kier molecular flexibility index (Phi) is 5.78. The van der Waals surface area contributed by atoms with E-state index < -0.39 is 24.6 Å². The van der Waals surface area contributed by atoms with E-state index >= 15 is 0 Å². The Labute approximate surface area is 140 Å². The number of imide groups is 1. The molecule has 0 atom stereocenters. The number of carbonyl (C=O) groups is 3. The fourth-order valence-corrected chi connectivity index (χ4v) is 2.53. The van der Waals surface area contributed by atoms with Gasteiger partial charge in [-0.25, -0.2) is 9.59 Å². The molecule has 1 aromatic heterocycles. The van der Waals surface area contributed by atoms with Crippen molar-refractivity contribution in [3.8, 4) is 0 Å². The average Bonchev–Trinajstić information content (AvgIpc) is 3.30. The monoisotopic (exact) mass is 334 g/mol. The van der Waals surface area contributed by atoms with E-state index in [0.29, 0.717) is 6.04 Å². The van der Waals surface area contributed by atoms with Crippen LogP contribution in [0.15, 0.2) is 12.1 Å². The molecule has 1 fully saturated rings. The van der Waals surface area contributed by atoms with Crippen molar-refractivity contribution in [1.82, 2.24) is 9.88 Å². The number of rotatable bonds is 6. The number of carbonyl (C=O) groups excluding carboxylic acids is 3. The lowest BCUT2D eigenvalue weighted by Crippen LogP contribution is -2.34. The molecule has 130 valence electrons. The normalized spacial score (nSPS) is 13.8. The van der Waals surface area contributed by atoms with Gasteiger partial charge in [-0.05, 0) is 51.3 Å². The van der Waals surface area contributed by atoms with Crippen LogP contribution in [0.3, 0.4) is 0 Å². The van der Waals surface area contributed by atoms with Gasteiger partial charge in [0.05, 0.1) is 6.61 Å². The van der Waals surface area contributed by atoms with Crippen LogP contribution in [-0.4, -0.2) is 35.8 Å². The van der Waals surface area contributed by atoms with Gasteiger partial charge in [-0.2, -0.15) is 0 Å². The lowest BCUT2D eigenvalue weighted by Gasteiger charge is -2.06. The highest BCUT2D eigenvalue weighted by atomic mass is 16.6. The van der Waals surface area contributed by atoms with Gasteiger partial charge in [-0.1, -0.05) is 0 Å². The Balaban J connectivity index is 1.84. The Bertz CT molecular complexity index is 671. The van der Waals surface area contributed by atoms with Gasteiger partial charge in [0.25, 0.3) is 5.91 Å². The minimum Gasteiger partial charge on any atom is -0.452 e. The van der Waals surface area contributed by atoms with E-state index in [-0.39, 0.29) is 6.61 Å². The third kappa shape index (κ3) is 4.71. The quantitative estimate of drug-likeness (QED) is 0.637. The number of aromatic nitrogens is 1. The van der Waals surface area contributed by atoms with Gasteiger partial charge in [-0.3, -0.25) is 10.1 Å². The molecule has 0 bridgehead atoms. The molecule has 1 aliphatic rings. The topological polar surface area (TPSA) is 86.6 Å². The molecule has 7 heteroatoms. The Hall–Kier alpha value is -2.57. The SMILES string of the molecule is CCOC(=O)NC(=O)COC(=O)/C=C/c1cc(C)n(C2CC2)c1C. The second-order valence-corrected chi connectivity index (χ2v) is 5.64. The summed E-state index contributed by atoms with van der Waals surface area (Å²) < 4.78 is 11.6. The molecule has 1 aromatic rings. The number of aryl methyl sites for hydroxylation is 1. The minimum atomic E-state index is -0.860. The largest absolute Gasteiger partial charge is 0.452 e. The predicted molar refractivity (Wildman–Crippen MR) is 87.3 cm³/mol. The highest BCUT2D eigenvalue weighted by Gasteiger charge is 2.26. The van der Waals surface area contributed by atoms with Gasteiger partial charge in [0.1, 0.15) is 0 Å². The highest BCUT2D eigenvalue weighted by Crippen LogP contribution is 2.38. The third-order valence-electron chi connectivity index (χ3n) is 3.70. The van der Waals surface area contributed by atoms with Crippen LogP contribution < -0.4 is 5.32 Å². The summed E-state index contributed by atoms with van der Waals surface area (Å²) in [7, 11) is 0. The number of hydrogen-bond acceptors (Lipinski definition) is 5.